The van der Waals surface area contributed by atoms with Gasteiger partial charge in [0.15, 0.2) is 0 Å². The summed E-state index contributed by atoms with van der Waals surface area (Å²) in [4.78, 5) is 14.7. The van der Waals surface area contributed by atoms with Gasteiger partial charge in [0.1, 0.15) is 0 Å². The van der Waals surface area contributed by atoms with Gasteiger partial charge in [0.25, 0.3) is 0 Å². The van der Waals surface area contributed by atoms with Crippen LogP contribution in [0.25, 0.3) is 0 Å². The number of aromatic nitrogens is 3. The van der Waals surface area contributed by atoms with E-state index in [0.29, 0.717) is 23.9 Å². The molecule has 1 saturated carbocycles. The van der Waals surface area contributed by atoms with E-state index in [9.17, 15) is 0 Å². The molecular formula is C10H18N6. The minimum atomic E-state index is 0.516. The summed E-state index contributed by atoms with van der Waals surface area (Å²) in [5, 5.41) is 6.25. The largest absolute Gasteiger partial charge is 0.357 e. The van der Waals surface area contributed by atoms with E-state index in [0.717, 1.165) is 5.92 Å². The fourth-order valence-corrected chi connectivity index (χ4v) is 1.43. The fourth-order valence-electron chi connectivity index (χ4n) is 1.43. The second-order valence-electron chi connectivity index (χ2n) is 4.39. The molecule has 1 aromatic rings. The highest BCUT2D eigenvalue weighted by Crippen LogP contribution is 2.31. The molecule has 1 aromatic heterocycles. The number of nitrogens with one attached hydrogen (secondary N) is 2. The van der Waals surface area contributed by atoms with Crippen LogP contribution in [0.4, 0.5) is 17.8 Å². The Bertz CT molecular complexity index is 378. The van der Waals surface area contributed by atoms with Gasteiger partial charge in [-0.3, -0.25) is 0 Å². The van der Waals surface area contributed by atoms with Gasteiger partial charge in [-0.2, -0.15) is 15.0 Å². The third-order valence-electron chi connectivity index (χ3n) is 2.67. The zero-order valence-corrected chi connectivity index (χ0v) is 10.2. The highest BCUT2D eigenvalue weighted by molar-refractivity contribution is 5.43. The molecule has 1 heterocycles. The van der Waals surface area contributed by atoms with Crippen molar-refractivity contribution in [1.29, 1.82) is 0 Å². The Morgan fingerprint density at radius 1 is 1.19 bits per heavy atom. The summed E-state index contributed by atoms with van der Waals surface area (Å²) >= 11 is 0. The Kier molecular flexibility index (Phi) is 2.80. The first-order valence-electron chi connectivity index (χ1n) is 5.48. The Morgan fingerprint density at radius 2 is 1.81 bits per heavy atom. The summed E-state index contributed by atoms with van der Waals surface area (Å²) in [7, 11) is 5.63. The Balaban J connectivity index is 2.19. The van der Waals surface area contributed by atoms with Crippen molar-refractivity contribution in [3.05, 3.63) is 0 Å². The van der Waals surface area contributed by atoms with Crippen LogP contribution >= 0.6 is 0 Å². The average Bonchev–Trinajstić information content (AvgIpc) is 2.93. The molecule has 2 unspecified atom stereocenters. The van der Waals surface area contributed by atoms with Crippen LogP contribution in [0.15, 0.2) is 0 Å². The molecule has 2 atom stereocenters. The van der Waals surface area contributed by atoms with E-state index < -0.39 is 0 Å². The lowest BCUT2D eigenvalue weighted by Gasteiger charge is -2.13. The number of rotatable bonds is 4. The van der Waals surface area contributed by atoms with Crippen LogP contribution in [0, 0.1) is 5.92 Å². The third-order valence-corrected chi connectivity index (χ3v) is 2.67. The van der Waals surface area contributed by atoms with Crippen molar-refractivity contribution in [3.63, 3.8) is 0 Å². The molecule has 0 saturated heterocycles. The van der Waals surface area contributed by atoms with E-state index >= 15 is 0 Å². The van der Waals surface area contributed by atoms with Crippen molar-refractivity contribution in [2.24, 2.45) is 5.92 Å². The van der Waals surface area contributed by atoms with Crippen molar-refractivity contribution >= 4 is 17.8 Å². The average molecular weight is 222 g/mol. The zero-order valence-electron chi connectivity index (χ0n) is 10.2. The molecule has 0 bridgehead atoms. The molecule has 2 rings (SSSR count). The topological polar surface area (TPSA) is 66.0 Å². The first-order chi connectivity index (χ1) is 7.60. The van der Waals surface area contributed by atoms with Crippen LogP contribution in [0.1, 0.15) is 13.3 Å². The van der Waals surface area contributed by atoms with Gasteiger partial charge >= 0.3 is 0 Å². The minimum absolute atomic E-state index is 0.516. The molecule has 1 aliphatic carbocycles. The Hall–Kier alpha value is -1.59. The zero-order chi connectivity index (χ0) is 11.7. The maximum atomic E-state index is 4.35. The molecule has 6 nitrogen and oxygen atoms in total. The second kappa shape index (κ2) is 4.11. The van der Waals surface area contributed by atoms with Gasteiger partial charge in [0.05, 0.1) is 0 Å². The highest BCUT2D eigenvalue weighted by atomic mass is 15.3. The molecular weight excluding hydrogens is 204 g/mol. The van der Waals surface area contributed by atoms with Crippen molar-refractivity contribution in [3.8, 4) is 0 Å². The van der Waals surface area contributed by atoms with Crippen LogP contribution in [-0.4, -0.2) is 42.1 Å². The fraction of sp³-hybridized carbons (Fsp3) is 0.700. The van der Waals surface area contributed by atoms with Crippen molar-refractivity contribution in [2.45, 2.75) is 19.4 Å². The molecule has 0 aromatic carbocycles. The second-order valence-corrected chi connectivity index (χ2v) is 4.39. The number of hydrogen-bond donors (Lipinski definition) is 2. The minimum Gasteiger partial charge on any atom is -0.357 e. The quantitative estimate of drug-likeness (QED) is 0.785. The van der Waals surface area contributed by atoms with E-state index in [2.05, 4.69) is 32.5 Å². The summed E-state index contributed by atoms with van der Waals surface area (Å²) < 4.78 is 0. The summed E-state index contributed by atoms with van der Waals surface area (Å²) in [6, 6.07) is 0.516. The predicted octanol–water partition coefficient (Wildman–Crippen LogP) is 0.800. The molecule has 1 aliphatic rings. The number of anilines is 3. The lowest BCUT2D eigenvalue weighted by atomic mass is 10.5. The monoisotopic (exact) mass is 222 g/mol. The van der Waals surface area contributed by atoms with Crippen LogP contribution in [0.2, 0.25) is 0 Å². The maximum absolute atomic E-state index is 4.35. The number of hydrogen-bond acceptors (Lipinski definition) is 6. The first-order valence-corrected chi connectivity index (χ1v) is 5.48. The Labute approximate surface area is 95.5 Å². The first kappa shape index (κ1) is 10.9. The van der Waals surface area contributed by atoms with Gasteiger partial charge in [-0.05, 0) is 12.3 Å². The van der Waals surface area contributed by atoms with Gasteiger partial charge in [-0.25, -0.2) is 0 Å². The SMILES string of the molecule is CNc1nc(NC2CC2C)nc(N(C)C)n1. The van der Waals surface area contributed by atoms with Gasteiger partial charge in [-0.1, -0.05) is 6.92 Å². The maximum Gasteiger partial charge on any atom is 0.231 e. The van der Waals surface area contributed by atoms with Crippen LogP contribution < -0.4 is 15.5 Å². The number of nitrogens with zero attached hydrogens (tertiary/aromatic N) is 4. The molecule has 16 heavy (non-hydrogen) atoms. The molecule has 0 spiro atoms. The van der Waals surface area contributed by atoms with E-state index in [4.69, 9.17) is 0 Å². The van der Waals surface area contributed by atoms with Gasteiger partial charge in [0, 0.05) is 27.2 Å². The third kappa shape index (κ3) is 2.32. The molecule has 0 aliphatic heterocycles. The summed E-state index contributed by atoms with van der Waals surface area (Å²) in [6.07, 6.45) is 1.19. The lowest BCUT2D eigenvalue weighted by molar-refractivity contribution is 0.897. The van der Waals surface area contributed by atoms with Crippen molar-refractivity contribution in [2.75, 3.05) is 36.7 Å². The molecule has 2 N–H and O–H groups in total. The van der Waals surface area contributed by atoms with E-state index in [1.165, 1.54) is 6.42 Å². The molecule has 88 valence electrons. The van der Waals surface area contributed by atoms with Gasteiger partial charge < -0.3 is 15.5 Å². The summed E-state index contributed by atoms with van der Waals surface area (Å²) in [5.74, 6) is 2.62. The van der Waals surface area contributed by atoms with Crippen molar-refractivity contribution in [1.82, 2.24) is 15.0 Å². The van der Waals surface area contributed by atoms with Crippen LogP contribution in [0.3, 0.4) is 0 Å². The molecule has 0 radical (unpaired) electrons. The normalized spacial score (nSPS) is 22.8. The van der Waals surface area contributed by atoms with Gasteiger partial charge in [0.2, 0.25) is 17.8 Å². The van der Waals surface area contributed by atoms with E-state index in [1.807, 2.05) is 19.0 Å². The smallest absolute Gasteiger partial charge is 0.231 e. The van der Waals surface area contributed by atoms with Crippen LogP contribution in [0.5, 0.6) is 0 Å². The lowest BCUT2D eigenvalue weighted by Crippen LogP contribution is -2.17. The summed E-state index contributed by atoms with van der Waals surface area (Å²) in [6.45, 7) is 2.21. The molecule has 6 heteroatoms. The van der Waals surface area contributed by atoms with E-state index in [-0.39, 0.29) is 0 Å². The van der Waals surface area contributed by atoms with E-state index in [1.54, 1.807) is 7.05 Å². The molecule has 0 amide bonds. The Morgan fingerprint density at radius 3 is 2.31 bits per heavy atom. The molecule has 1 fully saturated rings. The van der Waals surface area contributed by atoms with Crippen LogP contribution in [-0.2, 0) is 0 Å². The summed E-state index contributed by atoms with van der Waals surface area (Å²) in [5.41, 5.74) is 0. The van der Waals surface area contributed by atoms with Gasteiger partial charge in [-0.15, -0.1) is 0 Å². The predicted molar refractivity (Wildman–Crippen MR) is 64.9 cm³/mol. The standard InChI is InChI=1S/C10H18N6/c1-6-5-7(6)12-9-13-8(11-2)14-10(15-9)16(3)4/h6-7H,5H2,1-4H3,(H2,11,12,13,14,15). The highest BCUT2D eigenvalue weighted by Gasteiger charge is 2.33. The van der Waals surface area contributed by atoms with Crippen molar-refractivity contribution < 1.29 is 0 Å².